The summed E-state index contributed by atoms with van der Waals surface area (Å²) in [6.45, 7) is 5.32. The second-order valence-electron chi connectivity index (χ2n) is 7.49. The first-order valence-electron chi connectivity index (χ1n) is 9.92. The third-order valence-corrected chi connectivity index (χ3v) is 7.11. The molecule has 0 bridgehead atoms. The molecule has 0 radical (unpaired) electrons. The Morgan fingerprint density at radius 2 is 1.66 bits per heavy atom. The predicted molar refractivity (Wildman–Crippen MR) is 128 cm³/mol. The average molecular weight is 473 g/mol. The largest absolute Gasteiger partial charge is 0.495 e. The van der Waals surface area contributed by atoms with Gasteiger partial charge in [-0.15, -0.1) is 0 Å². The minimum atomic E-state index is -4.09. The summed E-state index contributed by atoms with van der Waals surface area (Å²) in [6, 6.07) is 16.6. The Morgan fingerprint density at radius 1 is 0.969 bits per heavy atom. The zero-order valence-electron chi connectivity index (χ0n) is 18.3. The normalized spacial score (nSPS) is 11.2. The van der Waals surface area contributed by atoms with Crippen molar-refractivity contribution in [1.29, 1.82) is 0 Å². The molecule has 0 aliphatic carbocycles. The maximum Gasteiger partial charge on any atom is 0.264 e. The minimum Gasteiger partial charge on any atom is -0.495 e. The molecule has 1 N–H and O–H groups in total. The van der Waals surface area contributed by atoms with Gasteiger partial charge in [0.25, 0.3) is 10.0 Å². The van der Waals surface area contributed by atoms with Crippen molar-refractivity contribution in [2.45, 2.75) is 25.7 Å². The van der Waals surface area contributed by atoms with Gasteiger partial charge in [-0.25, -0.2) is 8.42 Å². The molecule has 3 aromatic carbocycles. The van der Waals surface area contributed by atoms with Crippen LogP contribution >= 0.6 is 11.6 Å². The van der Waals surface area contributed by atoms with E-state index in [0.717, 1.165) is 21.0 Å². The predicted octanol–water partition coefficient (Wildman–Crippen LogP) is 5.11. The highest BCUT2D eigenvalue weighted by atomic mass is 35.5. The highest BCUT2D eigenvalue weighted by Gasteiger charge is 2.29. The summed E-state index contributed by atoms with van der Waals surface area (Å²) in [7, 11) is -2.66. The van der Waals surface area contributed by atoms with Gasteiger partial charge in [0.05, 0.1) is 17.7 Å². The molecule has 3 aromatic rings. The number of anilines is 2. The van der Waals surface area contributed by atoms with E-state index < -0.39 is 22.5 Å². The minimum absolute atomic E-state index is 0.0594. The number of methoxy groups -OCH3 is 1. The molecule has 0 spiro atoms. The maximum absolute atomic E-state index is 13.6. The van der Waals surface area contributed by atoms with Crippen molar-refractivity contribution in [3.05, 3.63) is 82.4 Å². The van der Waals surface area contributed by atoms with Crippen molar-refractivity contribution < 1.29 is 17.9 Å². The van der Waals surface area contributed by atoms with Crippen LogP contribution < -0.4 is 14.4 Å². The maximum atomic E-state index is 13.6. The number of halogens is 1. The quantitative estimate of drug-likeness (QED) is 0.518. The van der Waals surface area contributed by atoms with Crippen LogP contribution in [0.5, 0.6) is 5.75 Å². The first kappa shape index (κ1) is 23.6. The summed E-state index contributed by atoms with van der Waals surface area (Å²) in [5, 5.41) is 3.10. The molecule has 0 aliphatic rings. The molecule has 0 aromatic heterocycles. The van der Waals surface area contributed by atoms with E-state index in [1.165, 1.54) is 25.3 Å². The van der Waals surface area contributed by atoms with Gasteiger partial charge in [-0.2, -0.15) is 0 Å². The van der Waals surface area contributed by atoms with E-state index in [1.807, 2.05) is 32.9 Å². The van der Waals surface area contributed by atoms with Crippen molar-refractivity contribution in [2.24, 2.45) is 0 Å². The van der Waals surface area contributed by atoms with Gasteiger partial charge in [0.15, 0.2) is 0 Å². The second-order valence-corrected chi connectivity index (χ2v) is 9.79. The van der Waals surface area contributed by atoms with Crippen molar-refractivity contribution in [1.82, 2.24) is 0 Å². The Balaban J connectivity index is 2.02. The van der Waals surface area contributed by atoms with E-state index in [-0.39, 0.29) is 16.3 Å². The lowest BCUT2D eigenvalue weighted by Gasteiger charge is -2.26. The fourth-order valence-corrected chi connectivity index (χ4v) is 4.73. The molecule has 0 heterocycles. The lowest BCUT2D eigenvalue weighted by molar-refractivity contribution is -0.114. The fourth-order valence-electron chi connectivity index (χ4n) is 3.15. The number of nitrogens with zero attached hydrogens (tertiary/aromatic N) is 1. The molecule has 1 amide bonds. The van der Waals surface area contributed by atoms with Gasteiger partial charge in [-0.1, -0.05) is 35.4 Å². The van der Waals surface area contributed by atoms with Gasteiger partial charge >= 0.3 is 0 Å². The van der Waals surface area contributed by atoms with Crippen molar-refractivity contribution in [2.75, 3.05) is 23.3 Å². The van der Waals surface area contributed by atoms with E-state index in [1.54, 1.807) is 30.3 Å². The van der Waals surface area contributed by atoms with Crippen LogP contribution in [0.3, 0.4) is 0 Å². The summed E-state index contributed by atoms with van der Waals surface area (Å²) in [5.41, 5.74) is 3.79. The Bertz CT molecular complexity index is 1240. The van der Waals surface area contributed by atoms with Gasteiger partial charge in [-0.3, -0.25) is 9.10 Å². The number of carbonyl (C=O) groups excluding carboxylic acids is 1. The third-order valence-electron chi connectivity index (χ3n) is 5.10. The first-order valence-corrected chi connectivity index (χ1v) is 11.7. The van der Waals surface area contributed by atoms with Crippen LogP contribution in [0, 0.1) is 20.8 Å². The molecule has 0 fully saturated rings. The van der Waals surface area contributed by atoms with Gasteiger partial charge in [0.1, 0.15) is 12.3 Å². The molecular formula is C24H25ClN2O4S. The van der Waals surface area contributed by atoms with Crippen molar-refractivity contribution >= 4 is 38.9 Å². The number of nitrogens with one attached hydrogen (secondary N) is 1. The molecule has 32 heavy (non-hydrogen) atoms. The van der Waals surface area contributed by atoms with Gasteiger partial charge in [0, 0.05) is 10.7 Å². The van der Waals surface area contributed by atoms with E-state index >= 15 is 0 Å². The number of amides is 1. The molecule has 0 atom stereocenters. The second kappa shape index (κ2) is 9.63. The number of sulfonamides is 1. The average Bonchev–Trinajstić information content (AvgIpc) is 2.75. The Kier molecular flexibility index (Phi) is 7.11. The van der Waals surface area contributed by atoms with Crippen LogP contribution in [0.25, 0.3) is 0 Å². The van der Waals surface area contributed by atoms with Crippen LogP contribution in [0.15, 0.2) is 65.6 Å². The number of benzene rings is 3. The van der Waals surface area contributed by atoms with Gasteiger partial charge in [0.2, 0.25) is 5.91 Å². The lowest BCUT2D eigenvalue weighted by Crippen LogP contribution is -2.38. The summed E-state index contributed by atoms with van der Waals surface area (Å²) in [6.07, 6.45) is 0. The van der Waals surface area contributed by atoms with Crippen LogP contribution in [0.2, 0.25) is 5.02 Å². The highest BCUT2D eigenvalue weighted by molar-refractivity contribution is 7.92. The monoisotopic (exact) mass is 472 g/mol. The number of hydrogen-bond acceptors (Lipinski definition) is 4. The summed E-state index contributed by atoms with van der Waals surface area (Å²) < 4.78 is 33.5. The molecule has 168 valence electrons. The summed E-state index contributed by atoms with van der Waals surface area (Å²) in [4.78, 5) is 13.0. The smallest absolute Gasteiger partial charge is 0.264 e. The van der Waals surface area contributed by atoms with Crippen LogP contribution in [-0.4, -0.2) is 28.0 Å². The molecule has 3 rings (SSSR count). The SMILES string of the molecule is COc1ccc(Cl)cc1N(CC(=O)Nc1ccc(C)c(C)c1)S(=O)(=O)c1ccc(C)cc1. The van der Waals surface area contributed by atoms with E-state index in [0.29, 0.717) is 10.7 Å². The summed E-state index contributed by atoms with van der Waals surface area (Å²) >= 11 is 6.16. The van der Waals surface area contributed by atoms with Crippen LogP contribution in [0.1, 0.15) is 16.7 Å². The molecule has 0 saturated heterocycles. The van der Waals surface area contributed by atoms with Crippen molar-refractivity contribution in [3.63, 3.8) is 0 Å². The zero-order valence-corrected chi connectivity index (χ0v) is 19.9. The zero-order chi connectivity index (χ0) is 23.5. The Labute approximate surface area is 193 Å². The lowest BCUT2D eigenvalue weighted by atomic mass is 10.1. The number of aryl methyl sites for hydroxylation is 3. The summed E-state index contributed by atoms with van der Waals surface area (Å²) in [5.74, 6) is -0.213. The number of ether oxygens (including phenoxy) is 1. The highest BCUT2D eigenvalue weighted by Crippen LogP contribution is 2.35. The molecule has 8 heteroatoms. The van der Waals surface area contributed by atoms with Gasteiger partial charge in [-0.05, 0) is 74.4 Å². The number of carbonyl (C=O) groups is 1. The first-order chi connectivity index (χ1) is 15.1. The molecule has 0 aliphatic heterocycles. The molecule has 0 saturated carbocycles. The Hall–Kier alpha value is -3.03. The Morgan fingerprint density at radius 3 is 2.28 bits per heavy atom. The number of hydrogen-bond donors (Lipinski definition) is 1. The number of rotatable bonds is 7. The molecular weight excluding hydrogens is 448 g/mol. The van der Waals surface area contributed by atoms with Crippen LogP contribution in [0.4, 0.5) is 11.4 Å². The van der Waals surface area contributed by atoms with E-state index in [9.17, 15) is 13.2 Å². The third kappa shape index (κ3) is 5.23. The van der Waals surface area contributed by atoms with E-state index in [2.05, 4.69) is 5.32 Å². The van der Waals surface area contributed by atoms with Crippen LogP contribution in [-0.2, 0) is 14.8 Å². The molecule has 6 nitrogen and oxygen atoms in total. The molecule has 0 unspecified atom stereocenters. The van der Waals surface area contributed by atoms with Crippen molar-refractivity contribution in [3.8, 4) is 5.75 Å². The van der Waals surface area contributed by atoms with Gasteiger partial charge < -0.3 is 10.1 Å². The standard InChI is InChI=1S/C24H25ClN2O4S/c1-16-5-10-21(11-6-16)32(29,30)27(22-14-19(25)8-12-23(22)31-4)15-24(28)26-20-9-7-17(2)18(3)13-20/h5-14H,15H2,1-4H3,(H,26,28). The van der Waals surface area contributed by atoms with E-state index in [4.69, 9.17) is 16.3 Å². The topological polar surface area (TPSA) is 75.7 Å². The fraction of sp³-hybridized carbons (Fsp3) is 0.208.